The highest BCUT2D eigenvalue weighted by Crippen LogP contribution is 2.38. The molecular formula is C13H25IO. The molecule has 1 aliphatic carbocycles. The van der Waals surface area contributed by atoms with Crippen LogP contribution in [0.5, 0.6) is 0 Å². The minimum Gasteiger partial charge on any atom is -0.371 e. The highest BCUT2D eigenvalue weighted by atomic mass is 127. The molecule has 0 aliphatic heterocycles. The number of alkyl halides is 1. The van der Waals surface area contributed by atoms with Gasteiger partial charge in [-0.25, -0.2) is 0 Å². The van der Waals surface area contributed by atoms with E-state index >= 15 is 0 Å². The van der Waals surface area contributed by atoms with Gasteiger partial charge < -0.3 is 4.74 Å². The molecule has 0 heterocycles. The smallest absolute Gasteiger partial charge is 0.0777 e. The number of hydrogen-bond acceptors (Lipinski definition) is 1. The van der Waals surface area contributed by atoms with Crippen molar-refractivity contribution in [3.63, 3.8) is 0 Å². The fourth-order valence-corrected chi connectivity index (χ4v) is 3.55. The summed E-state index contributed by atoms with van der Waals surface area (Å²) >= 11 is 2.51. The summed E-state index contributed by atoms with van der Waals surface area (Å²) in [4.78, 5) is 0. The number of rotatable bonds is 5. The average molecular weight is 324 g/mol. The molecule has 0 aromatic heterocycles. The summed E-state index contributed by atoms with van der Waals surface area (Å²) in [6, 6.07) is 0. The van der Waals surface area contributed by atoms with Gasteiger partial charge >= 0.3 is 0 Å². The summed E-state index contributed by atoms with van der Waals surface area (Å²) in [7, 11) is 0. The van der Waals surface area contributed by atoms with Crippen molar-refractivity contribution in [1.82, 2.24) is 0 Å². The predicted molar refractivity (Wildman–Crippen MR) is 74.7 cm³/mol. The van der Waals surface area contributed by atoms with E-state index in [1.165, 1.54) is 25.7 Å². The standard InChI is InChI=1S/C13H25IO/c1-4-12(5-2)15-13(10-14)8-6-7-11(3)9-13/h11-12H,4-10H2,1-3H3. The van der Waals surface area contributed by atoms with Crippen molar-refractivity contribution >= 4 is 22.6 Å². The van der Waals surface area contributed by atoms with Crippen molar-refractivity contribution in [2.75, 3.05) is 4.43 Å². The van der Waals surface area contributed by atoms with Crippen LogP contribution in [-0.4, -0.2) is 16.1 Å². The minimum atomic E-state index is 0.203. The third-order valence-corrected chi connectivity index (χ3v) is 5.01. The highest BCUT2D eigenvalue weighted by molar-refractivity contribution is 14.1. The third-order valence-electron chi connectivity index (χ3n) is 3.62. The lowest BCUT2D eigenvalue weighted by molar-refractivity contribution is -0.107. The van der Waals surface area contributed by atoms with Crippen LogP contribution < -0.4 is 0 Å². The van der Waals surface area contributed by atoms with Gasteiger partial charge in [0.15, 0.2) is 0 Å². The first-order valence-corrected chi connectivity index (χ1v) is 7.92. The van der Waals surface area contributed by atoms with Crippen molar-refractivity contribution in [1.29, 1.82) is 0 Å². The van der Waals surface area contributed by atoms with E-state index in [1.54, 1.807) is 0 Å². The molecule has 0 amide bonds. The van der Waals surface area contributed by atoms with Gasteiger partial charge in [0.05, 0.1) is 11.7 Å². The van der Waals surface area contributed by atoms with E-state index in [4.69, 9.17) is 4.74 Å². The fraction of sp³-hybridized carbons (Fsp3) is 1.00. The Labute approximate surface area is 108 Å². The molecule has 2 heteroatoms. The fourth-order valence-electron chi connectivity index (χ4n) is 2.68. The number of hydrogen-bond donors (Lipinski definition) is 0. The Morgan fingerprint density at radius 1 is 1.40 bits per heavy atom. The van der Waals surface area contributed by atoms with E-state index < -0.39 is 0 Å². The Morgan fingerprint density at radius 3 is 2.53 bits per heavy atom. The van der Waals surface area contributed by atoms with E-state index in [2.05, 4.69) is 43.4 Å². The van der Waals surface area contributed by atoms with Gasteiger partial charge in [-0.1, -0.05) is 56.2 Å². The van der Waals surface area contributed by atoms with Crippen LogP contribution in [-0.2, 0) is 4.74 Å². The van der Waals surface area contributed by atoms with Crippen LogP contribution in [0, 0.1) is 5.92 Å². The molecule has 15 heavy (non-hydrogen) atoms. The predicted octanol–water partition coefficient (Wildman–Crippen LogP) is 4.58. The van der Waals surface area contributed by atoms with E-state index in [-0.39, 0.29) is 5.60 Å². The summed E-state index contributed by atoms with van der Waals surface area (Å²) in [6.45, 7) is 6.85. The molecule has 2 atom stereocenters. The lowest BCUT2D eigenvalue weighted by atomic mass is 9.80. The van der Waals surface area contributed by atoms with Gasteiger partial charge in [-0.3, -0.25) is 0 Å². The van der Waals surface area contributed by atoms with Gasteiger partial charge in [0.1, 0.15) is 0 Å². The molecule has 1 rings (SSSR count). The van der Waals surface area contributed by atoms with Gasteiger partial charge in [0, 0.05) is 4.43 Å². The monoisotopic (exact) mass is 324 g/mol. The van der Waals surface area contributed by atoms with Crippen LogP contribution in [0.25, 0.3) is 0 Å². The normalized spacial score (nSPS) is 32.2. The lowest BCUT2D eigenvalue weighted by Gasteiger charge is -2.41. The first-order chi connectivity index (χ1) is 7.15. The molecule has 0 N–H and O–H groups in total. The zero-order valence-corrected chi connectivity index (χ0v) is 12.5. The third kappa shape index (κ3) is 3.88. The molecule has 2 unspecified atom stereocenters. The molecule has 0 aromatic carbocycles. The topological polar surface area (TPSA) is 9.23 Å². The van der Waals surface area contributed by atoms with Crippen LogP contribution in [0.1, 0.15) is 59.3 Å². The molecule has 1 aliphatic rings. The largest absolute Gasteiger partial charge is 0.371 e. The van der Waals surface area contributed by atoms with Crippen molar-refractivity contribution in [2.45, 2.75) is 71.0 Å². The van der Waals surface area contributed by atoms with Gasteiger partial charge in [-0.2, -0.15) is 0 Å². The molecule has 0 saturated heterocycles. The second kappa shape index (κ2) is 6.43. The van der Waals surface area contributed by atoms with E-state index in [0.717, 1.165) is 23.2 Å². The summed E-state index contributed by atoms with van der Waals surface area (Å²) < 4.78 is 7.55. The van der Waals surface area contributed by atoms with Crippen molar-refractivity contribution in [3.05, 3.63) is 0 Å². The zero-order valence-electron chi connectivity index (χ0n) is 10.4. The molecule has 1 saturated carbocycles. The molecule has 1 fully saturated rings. The van der Waals surface area contributed by atoms with Gasteiger partial charge in [-0.05, 0) is 31.6 Å². The van der Waals surface area contributed by atoms with E-state index in [9.17, 15) is 0 Å². The average Bonchev–Trinajstić information content (AvgIpc) is 2.26. The second-order valence-electron chi connectivity index (χ2n) is 5.07. The summed E-state index contributed by atoms with van der Waals surface area (Å²) in [5.41, 5.74) is 0.203. The number of halogens is 1. The molecule has 0 spiro atoms. The molecule has 1 nitrogen and oxygen atoms in total. The maximum atomic E-state index is 6.39. The SMILES string of the molecule is CCC(CC)OC1(CI)CCCC(C)C1. The molecule has 90 valence electrons. The van der Waals surface area contributed by atoms with Crippen molar-refractivity contribution < 1.29 is 4.74 Å². The highest BCUT2D eigenvalue weighted by Gasteiger charge is 2.36. The van der Waals surface area contributed by atoms with Crippen LogP contribution in [0.3, 0.4) is 0 Å². The lowest BCUT2D eigenvalue weighted by Crippen LogP contribution is -2.42. The summed E-state index contributed by atoms with van der Waals surface area (Å²) in [5.74, 6) is 0.850. The minimum absolute atomic E-state index is 0.203. The Kier molecular flexibility index (Phi) is 5.90. The summed E-state index contributed by atoms with van der Waals surface area (Å²) in [5, 5.41) is 0. The van der Waals surface area contributed by atoms with Gasteiger partial charge in [0.25, 0.3) is 0 Å². The van der Waals surface area contributed by atoms with Crippen molar-refractivity contribution in [3.8, 4) is 0 Å². The summed E-state index contributed by atoms with van der Waals surface area (Å²) in [6.07, 6.45) is 8.08. The van der Waals surface area contributed by atoms with Crippen LogP contribution in [0.4, 0.5) is 0 Å². The van der Waals surface area contributed by atoms with E-state index in [1.807, 2.05) is 0 Å². The van der Waals surface area contributed by atoms with Gasteiger partial charge in [0.2, 0.25) is 0 Å². The zero-order chi connectivity index (χ0) is 11.3. The van der Waals surface area contributed by atoms with Crippen LogP contribution >= 0.6 is 22.6 Å². The number of ether oxygens (including phenoxy) is 1. The Hall–Kier alpha value is 0.690. The second-order valence-corrected chi connectivity index (χ2v) is 5.84. The maximum absolute atomic E-state index is 6.39. The van der Waals surface area contributed by atoms with E-state index in [0.29, 0.717) is 6.10 Å². The molecule has 0 aromatic rings. The van der Waals surface area contributed by atoms with Crippen LogP contribution in [0.15, 0.2) is 0 Å². The van der Waals surface area contributed by atoms with Crippen molar-refractivity contribution in [2.24, 2.45) is 5.92 Å². The van der Waals surface area contributed by atoms with Gasteiger partial charge in [-0.15, -0.1) is 0 Å². The quantitative estimate of drug-likeness (QED) is 0.531. The van der Waals surface area contributed by atoms with Crippen LogP contribution in [0.2, 0.25) is 0 Å². The maximum Gasteiger partial charge on any atom is 0.0777 e. The Morgan fingerprint density at radius 2 is 2.07 bits per heavy atom. The molecule has 0 radical (unpaired) electrons. The molecular weight excluding hydrogens is 299 g/mol. The first kappa shape index (κ1) is 13.8. The Bertz CT molecular complexity index is 179. The first-order valence-electron chi connectivity index (χ1n) is 6.39. The molecule has 0 bridgehead atoms. The Balaban J connectivity index is 2.58.